The van der Waals surface area contributed by atoms with Crippen LogP contribution in [0.1, 0.15) is 26.2 Å². The van der Waals surface area contributed by atoms with E-state index in [9.17, 15) is 0 Å². The summed E-state index contributed by atoms with van der Waals surface area (Å²) in [5.74, 6) is 0. The molecule has 1 saturated heterocycles. The van der Waals surface area contributed by atoms with Crippen LogP contribution in [0.15, 0.2) is 24.3 Å². The third-order valence-corrected chi connectivity index (χ3v) is 3.76. The summed E-state index contributed by atoms with van der Waals surface area (Å²) in [6, 6.07) is 8.17. The van der Waals surface area contributed by atoms with Crippen molar-refractivity contribution >= 4 is 11.4 Å². The van der Waals surface area contributed by atoms with Gasteiger partial charge in [-0.2, -0.15) is 0 Å². The van der Waals surface area contributed by atoms with Gasteiger partial charge in [-0.1, -0.05) is 12.1 Å². The van der Waals surface area contributed by atoms with E-state index in [2.05, 4.69) is 28.9 Å². The predicted octanol–water partition coefficient (Wildman–Crippen LogP) is 2.58. The molecule has 0 amide bonds. The van der Waals surface area contributed by atoms with Crippen molar-refractivity contribution in [1.82, 2.24) is 4.90 Å². The van der Waals surface area contributed by atoms with Crippen molar-refractivity contribution in [2.75, 3.05) is 43.4 Å². The molecule has 0 aliphatic carbocycles. The lowest BCUT2D eigenvalue weighted by Crippen LogP contribution is -2.29. The summed E-state index contributed by atoms with van der Waals surface area (Å²) in [6.45, 7) is 8.13. The van der Waals surface area contributed by atoms with Crippen LogP contribution in [0.25, 0.3) is 0 Å². The van der Waals surface area contributed by atoms with Crippen molar-refractivity contribution < 1.29 is 0 Å². The zero-order valence-corrected chi connectivity index (χ0v) is 11.4. The maximum Gasteiger partial charge on any atom is 0.0599 e. The van der Waals surface area contributed by atoms with Crippen molar-refractivity contribution in [3.05, 3.63) is 24.3 Å². The monoisotopic (exact) mass is 247 g/mol. The average molecular weight is 247 g/mol. The maximum absolute atomic E-state index is 6.04. The van der Waals surface area contributed by atoms with Gasteiger partial charge < -0.3 is 15.5 Å². The van der Waals surface area contributed by atoms with Gasteiger partial charge in [-0.15, -0.1) is 0 Å². The van der Waals surface area contributed by atoms with E-state index in [1.54, 1.807) is 0 Å². The van der Waals surface area contributed by atoms with Gasteiger partial charge in [0.15, 0.2) is 0 Å². The molecule has 3 heteroatoms. The van der Waals surface area contributed by atoms with Gasteiger partial charge in [-0.05, 0) is 58.0 Å². The van der Waals surface area contributed by atoms with E-state index in [1.807, 2.05) is 12.1 Å². The first kappa shape index (κ1) is 13.2. The second-order valence-electron chi connectivity index (χ2n) is 5.04. The van der Waals surface area contributed by atoms with Gasteiger partial charge in [-0.3, -0.25) is 0 Å². The van der Waals surface area contributed by atoms with Crippen LogP contribution < -0.4 is 10.6 Å². The van der Waals surface area contributed by atoms with Gasteiger partial charge in [-0.25, -0.2) is 0 Å². The lowest BCUT2D eigenvalue weighted by atomic mass is 10.2. The van der Waals surface area contributed by atoms with E-state index in [4.69, 9.17) is 5.73 Å². The molecule has 0 saturated carbocycles. The van der Waals surface area contributed by atoms with E-state index in [0.29, 0.717) is 0 Å². The Kier molecular flexibility index (Phi) is 4.88. The fourth-order valence-corrected chi connectivity index (χ4v) is 2.72. The number of likely N-dealkylation sites (tertiary alicyclic amines) is 1. The first-order valence-electron chi connectivity index (χ1n) is 7.13. The SMILES string of the molecule is CCN(CCCN1CCCC1)c1ccccc1N. The topological polar surface area (TPSA) is 32.5 Å². The average Bonchev–Trinajstić information content (AvgIpc) is 2.89. The molecule has 18 heavy (non-hydrogen) atoms. The van der Waals surface area contributed by atoms with E-state index < -0.39 is 0 Å². The molecule has 2 N–H and O–H groups in total. The highest BCUT2D eigenvalue weighted by atomic mass is 15.2. The second-order valence-corrected chi connectivity index (χ2v) is 5.04. The molecule has 0 atom stereocenters. The Morgan fingerprint density at radius 1 is 1.22 bits per heavy atom. The van der Waals surface area contributed by atoms with E-state index in [1.165, 1.54) is 44.6 Å². The molecule has 1 aliphatic heterocycles. The number of rotatable bonds is 6. The zero-order valence-electron chi connectivity index (χ0n) is 11.4. The third-order valence-electron chi connectivity index (χ3n) is 3.76. The summed E-state index contributed by atoms with van der Waals surface area (Å²) in [5.41, 5.74) is 8.11. The second kappa shape index (κ2) is 6.64. The predicted molar refractivity (Wildman–Crippen MR) is 79.0 cm³/mol. The normalized spacial score (nSPS) is 16.1. The number of nitrogens with two attached hydrogens (primary N) is 1. The molecule has 1 aromatic rings. The van der Waals surface area contributed by atoms with E-state index in [-0.39, 0.29) is 0 Å². The Morgan fingerprint density at radius 2 is 1.94 bits per heavy atom. The molecule has 0 spiro atoms. The van der Waals surface area contributed by atoms with Gasteiger partial charge in [0.1, 0.15) is 0 Å². The number of hydrogen-bond acceptors (Lipinski definition) is 3. The quantitative estimate of drug-likeness (QED) is 0.784. The first-order chi connectivity index (χ1) is 8.81. The number of benzene rings is 1. The number of anilines is 2. The number of para-hydroxylation sites is 2. The molecule has 1 aromatic carbocycles. The van der Waals surface area contributed by atoms with Crippen molar-refractivity contribution in [3.8, 4) is 0 Å². The fourth-order valence-electron chi connectivity index (χ4n) is 2.72. The standard InChI is InChI=1S/C15H25N3/c1-2-18(15-9-4-3-8-14(15)16)13-7-12-17-10-5-6-11-17/h3-4,8-9H,2,5-7,10-13,16H2,1H3. The van der Waals surface area contributed by atoms with Crippen LogP contribution in [-0.2, 0) is 0 Å². The van der Waals surface area contributed by atoms with Crippen LogP contribution in [0.5, 0.6) is 0 Å². The summed E-state index contributed by atoms with van der Waals surface area (Å²) in [7, 11) is 0. The lowest BCUT2D eigenvalue weighted by molar-refractivity contribution is 0.334. The van der Waals surface area contributed by atoms with Gasteiger partial charge in [0.05, 0.1) is 11.4 Å². The van der Waals surface area contributed by atoms with Crippen LogP contribution in [0, 0.1) is 0 Å². The lowest BCUT2D eigenvalue weighted by Gasteiger charge is -2.25. The molecular weight excluding hydrogens is 222 g/mol. The minimum Gasteiger partial charge on any atom is -0.397 e. The van der Waals surface area contributed by atoms with Gasteiger partial charge in [0.2, 0.25) is 0 Å². The van der Waals surface area contributed by atoms with Crippen molar-refractivity contribution in [1.29, 1.82) is 0 Å². The van der Waals surface area contributed by atoms with Crippen molar-refractivity contribution in [2.45, 2.75) is 26.2 Å². The molecular formula is C15H25N3. The van der Waals surface area contributed by atoms with Gasteiger partial charge >= 0.3 is 0 Å². The molecule has 1 fully saturated rings. The maximum atomic E-state index is 6.04. The van der Waals surface area contributed by atoms with Crippen LogP contribution in [0.3, 0.4) is 0 Å². The zero-order chi connectivity index (χ0) is 12.8. The Balaban J connectivity index is 1.83. The Bertz CT molecular complexity index is 359. The summed E-state index contributed by atoms with van der Waals surface area (Å²) in [4.78, 5) is 4.95. The number of nitrogens with zero attached hydrogens (tertiary/aromatic N) is 2. The minimum atomic E-state index is 0.889. The molecule has 100 valence electrons. The molecule has 0 bridgehead atoms. The number of nitrogen functional groups attached to an aromatic ring is 1. The van der Waals surface area contributed by atoms with Crippen LogP contribution in [-0.4, -0.2) is 37.6 Å². The van der Waals surface area contributed by atoms with E-state index in [0.717, 1.165) is 18.8 Å². The highest BCUT2D eigenvalue weighted by Crippen LogP contribution is 2.22. The van der Waals surface area contributed by atoms with Crippen LogP contribution in [0.4, 0.5) is 11.4 Å². The summed E-state index contributed by atoms with van der Waals surface area (Å²) in [5, 5.41) is 0. The molecule has 0 unspecified atom stereocenters. The van der Waals surface area contributed by atoms with Crippen molar-refractivity contribution in [3.63, 3.8) is 0 Å². The van der Waals surface area contributed by atoms with Gasteiger partial charge in [0, 0.05) is 13.1 Å². The van der Waals surface area contributed by atoms with E-state index >= 15 is 0 Å². The smallest absolute Gasteiger partial charge is 0.0599 e. The number of hydrogen-bond donors (Lipinski definition) is 1. The highest BCUT2D eigenvalue weighted by molar-refractivity contribution is 5.67. The molecule has 2 rings (SSSR count). The first-order valence-corrected chi connectivity index (χ1v) is 7.13. The Hall–Kier alpha value is -1.22. The van der Waals surface area contributed by atoms with Gasteiger partial charge in [0.25, 0.3) is 0 Å². The Labute approximate surface area is 111 Å². The fraction of sp³-hybridized carbons (Fsp3) is 0.600. The molecule has 1 aliphatic rings. The molecule has 3 nitrogen and oxygen atoms in total. The van der Waals surface area contributed by atoms with Crippen LogP contribution >= 0.6 is 0 Å². The Morgan fingerprint density at radius 3 is 2.61 bits per heavy atom. The minimum absolute atomic E-state index is 0.889. The summed E-state index contributed by atoms with van der Waals surface area (Å²) < 4.78 is 0. The molecule has 0 aromatic heterocycles. The largest absolute Gasteiger partial charge is 0.397 e. The summed E-state index contributed by atoms with van der Waals surface area (Å²) in [6.07, 6.45) is 3.98. The van der Waals surface area contributed by atoms with Crippen molar-refractivity contribution in [2.24, 2.45) is 0 Å². The summed E-state index contributed by atoms with van der Waals surface area (Å²) >= 11 is 0. The van der Waals surface area contributed by atoms with Crippen LogP contribution in [0.2, 0.25) is 0 Å². The molecule has 1 heterocycles. The molecule has 0 radical (unpaired) electrons. The third kappa shape index (κ3) is 3.39. The highest BCUT2D eigenvalue weighted by Gasteiger charge is 2.12.